The van der Waals surface area contributed by atoms with Crippen LogP contribution in [0.1, 0.15) is 32.6 Å². The van der Waals surface area contributed by atoms with Crippen molar-refractivity contribution < 1.29 is 4.74 Å². The number of ether oxygens (including phenoxy) is 1. The number of hydrogen-bond acceptors (Lipinski definition) is 2. The van der Waals surface area contributed by atoms with E-state index in [0.29, 0.717) is 12.1 Å². The number of methoxy groups -OCH3 is 1. The van der Waals surface area contributed by atoms with Gasteiger partial charge in [0.15, 0.2) is 0 Å². The maximum atomic E-state index is 5.49. The Morgan fingerprint density at radius 1 is 1.33 bits per heavy atom. The minimum atomic E-state index is 0.476. The minimum absolute atomic E-state index is 0.476. The Morgan fingerprint density at radius 2 is 2.00 bits per heavy atom. The normalized spacial score (nSPS) is 31.0. The van der Waals surface area contributed by atoms with Gasteiger partial charge < -0.3 is 9.64 Å². The molecule has 1 aliphatic carbocycles. The molecule has 2 atom stereocenters. The van der Waals surface area contributed by atoms with Crippen molar-refractivity contribution in [3.05, 3.63) is 0 Å². The minimum Gasteiger partial charge on any atom is -0.380 e. The summed E-state index contributed by atoms with van der Waals surface area (Å²) < 4.78 is 5.49. The summed E-state index contributed by atoms with van der Waals surface area (Å²) in [5.74, 6) is 0. The van der Waals surface area contributed by atoms with Crippen LogP contribution >= 0.6 is 0 Å². The van der Waals surface area contributed by atoms with E-state index in [1.165, 1.54) is 25.7 Å². The van der Waals surface area contributed by atoms with Gasteiger partial charge in [-0.2, -0.15) is 0 Å². The third-order valence-electron chi connectivity index (χ3n) is 3.04. The Balaban J connectivity index is 2.46. The number of hydrogen-bond donors (Lipinski definition) is 0. The van der Waals surface area contributed by atoms with Gasteiger partial charge in [0.2, 0.25) is 0 Å². The summed E-state index contributed by atoms with van der Waals surface area (Å²) in [5.41, 5.74) is 0. The van der Waals surface area contributed by atoms with E-state index in [-0.39, 0.29) is 0 Å². The SMILES string of the molecule is CCN(C)[C@H]1CCCC[C@@H]1OC. The second-order valence-corrected chi connectivity index (χ2v) is 3.70. The number of rotatable bonds is 3. The Bertz CT molecular complexity index is 127. The fourth-order valence-corrected chi connectivity index (χ4v) is 2.09. The van der Waals surface area contributed by atoms with Crippen LogP contribution in [0.15, 0.2) is 0 Å². The lowest BCUT2D eigenvalue weighted by Crippen LogP contribution is -2.44. The largest absolute Gasteiger partial charge is 0.380 e. The first-order valence-electron chi connectivity index (χ1n) is 5.02. The van der Waals surface area contributed by atoms with E-state index in [9.17, 15) is 0 Å². The first-order chi connectivity index (χ1) is 5.79. The molecule has 2 heteroatoms. The van der Waals surface area contributed by atoms with Gasteiger partial charge >= 0.3 is 0 Å². The summed E-state index contributed by atoms with van der Waals surface area (Å²) >= 11 is 0. The molecule has 12 heavy (non-hydrogen) atoms. The van der Waals surface area contributed by atoms with Crippen molar-refractivity contribution in [1.82, 2.24) is 4.90 Å². The van der Waals surface area contributed by atoms with Crippen LogP contribution in [-0.2, 0) is 4.74 Å². The van der Waals surface area contributed by atoms with E-state index in [4.69, 9.17) is 4.74 Å². The highest BCUT2D eigenvalue weighted by Gasteiger charge is 2.26. The van der Waals surface area contributed by atoms with Crippen LogP contribution in [0.25, 0.3) is 0 Å². The fraction of sp³-hybridized carbons (Fsp3) is 1.00. The molecule has 0 N–H and O–H groups in total. The first kappa shape index (κ1) is 10.0. The lowest BCUT2D eigenvalue weighted by atomic mass is 9.91. The molecule has 1 aliphatic rings. The van der Waals surface area contributed by atoms with Crippen LogP contribution in [0.2, 0.25) is 0 Å². The monoisotopic (exact) mass is 171 g/mol. The molecule has 0 aromatic heterocycles. The van der Waals surface area contributed by atoms with Crippen molar-refractivity contribution in [2.24, 2.45) is 0 Å². The Hall–Kier alpha value is -0.0800. The van der Waals surface area contributed by atoms with Crippen molar-refractivity contribution in [2.45, 2.75) is 44.8 Å². The number of likely N-dealkylation sites (N-methyl/N-ethyl adjacent to an activating group) is 1. The summed E-state index contributed by atoms with van der Waals surface area (Å²) in [4.78, 5) is 2.41. The summed E-state index contributed by atoms with van der Waals surface area (Å²) in [5, 5.41) is 0. The zero-order valence-electron chi connectivity index (χ0n) is 8.55. The molecule has 0 unspecified atom stereocenters. The molecule has 72 valence electrons. The van der Waals surface area contributed by atoms with Crippen molar-refractivity contribution in [3.8, 4) is 0 Å². The second kappa shape index (κ2) is 4.83. The molecule has 0 aromatic carbocycles. The van der Waals surface area contributed by atoms with Crippen LogP contribution in [-0.4, -0.2) is 37.7 Å². The Labute approximate surface area is 75.9 Å². The van der Waals surface area contributed by atoms with Crippen LogP contribution in [0.3, 0.4) is 0 Å². The van der Waals surface area contributed by atoms with E-state index in [1.807, 2.05) is 7.11 Å². The molecular weight excluding hydrogens is 150 g/mol. The predicted octanol–water partition coefficient (Wildman–Crippen LogP) is 1.90. The van der Waals surface area contributed by atoms with Gasteiger partial charge in [-0.05, 0) is 26.4 Å². The van der Waals surface area contributed by atoms with E-state index < -0.39 is 0 Å². The lowest BCUT2D eigenvalue weighted by molar-refractivity contribution is -0.000184. The second-order valence-electron chi connectivity index (χ2n) is 3.70. The van der Waals surface area contributed by atoms with Gasteiger partial charge in [0.25, 0.3) is 0 Å². The van der Waals surface area contributed by atoms with E-state index in [2.05, 4.69) is 18.9 Å². The molecule has 1 fully saturated rings. The summed E-state index contributed by atoms with van der Waals surface area (Å²) in [6.45, 7) is 3.34. The van der Waals surface area contributed by atoms with E-state index in [1.54, 1.807) is 0 Å². The molecule has 2 nitrogen and oxygen atoms in total. The summed E-state index contributed by atoms with van der Waals surface area (Å²) in [7, 11) is 4.04. The van der Waals surface area contributed by atoms with Crippen molar-refractivity contribution >= 4 is 0 Å². The number of nitrogens with zero attached hydrogens (tertiary/aromatic N) is 1. The molecule has 1 rings (SSSR count). The van der Waals surface area contributed by atoms with Gasteiger partial charge in [-0.1, -0.05) is 19.8 Å². The van der Waals surface area contributed by atoms with E-state index >= 15 is 0 Å². The van der Waals surface area contributed by atoms with Crippen LogP contribution in [0, 0.1) is 0 Å². The molecule has 0 aliphatic heterocycles. The zero-order valence-corrected chi connectivity index (χ0v) is 8.55. The Morgan fingerprint density at radius 3 is 2.58 bits per heavy atom. The molecule has 0 aromatic rings. The maximum Gasteiger partial charge on any atom is 0.0726 e. The molecule has 1 saturated carbocycles. The highest BCUT2D eigenvalue weighted by Crippen LogP contribution is 2.24. The summed E-state index contributed by atoms with van der Waals surface area (Å²) in [6, 6.07) is 0.661. The summed E-state index contributed by atoms with van der Waals surface area (Å²) in [6.07, 6.45) is 5.74. The molecule has 0 bridgehead atoms. The molecule has 0 amide bonds. The molecular formula is C10H21NO. The molecule has 0 saturated heterocycles. The van der Waals surface area contributed by atoms with Gasteiger partial charge in [-0.25, -0.2) is 0 Å². The van der Waals surface area contributed by atoms with Crippen LogP contribution in [0.5, 0.6) is 0 Å². The van der Waals surface area contributed by atoms with Gasteiger partial charge in [0.1, 0.15) is 0 Å². The lowest BCUT2D eigenvalue weighted by Gasteiger charge is -2.36. The smallest absolute Gasteiger partial charge is 0.0726 e. The third kappa shape index (κ3) is 2.20. The highest BCUT2D eigenvalue weighted by atomic mass is 16.5. The van der Waals surface area contributed by atoms with Gasteiger partial charge in [-0.15, -0.1) is 0 Å². The average Bonchev–Trinajstić information content (AvgIpc) is 2.16. The maximum absolute atomic E-state index is 5.49. The fourth-order valence-electron chi connectivity index (χ4n) is 2.09. The first-order valence-corrected chi connectivity index (χ1v) is 5.02. The quantitative estimate of drug-likeness (QED) is 0.643. The average molecular weight is 171 g/mol. The standard InChI is InChI=1S/C10H21NO/c1-4-11(2)9-7-5-6-8-10(9)12-3/h9-10H,4-8H2,1-3H3/t9-,10-/m0/s1. The van der Waals surface area contributed by atoms with Crippen LogP contribution in [0.4, 0.5) is 0 Å². The van der Waals surface area contributed by atoms with Crippen molar-refractivity contribution in [2.75, 3.05) is 20.7 Å². The molecule has 0 spiro atoms. The zero-order chi connectivity index (χ0) is 8.97. The van der Waals surface area contributed by atoms with Gasteiger partial charge in [-0.3, -0.25) is 0 Å². The molecule has 0 heterocycles. The van der Waals surface area contributed by atoms with Crippen LogP contribution < -0.4 is 0 Å². The topological polar surface area (TPSA) is 12.5 Å². The van der Waals surface area contributed by atoms with Crippen molar-refractivity contribution in [1.29, 1.82) is 0 Å². The Kier molecular flexibility index (Phi) is 4.02. The predicted molar refractivity (Wildman–Crippen MR) is 51.4 cm³/mol. The molecule has 0 radical (unpaired) electrons. The van der Waals surface area contributed by atoms with Gasteiger partial charge in [0.05, 0.1) is 6.10 Å². The third-order valence-corrected chi connectivity index (χ3v) is 3.04. The highest BCUT2D eigenvalue weighted by molar-refractivity contribution is 4.81. The van der Waals surface area contributed by atoms with E-state index in [0.717, 1.165) is 6.54 Å². The van der Waals surface area contributed by atoms with Gasteiger partial charge in [0, 0.05) is 13.2 Å². The van der Waals surface area contributed by atoms with Crippen molar-refractivity contribution in [3.63, 3.8) is 0 Å².